The van der Waals surface area contributed by atoms with E-state index in [1.807, 2.05) is 0 Å². The third-order valence-corrected chi connectivity index (χ3v) is 4.45. The van der Waals surface area contributed by atoms with Gasteiger partial charge < -0.3 is 5.73 Å². The summed E-state index contributed by atoms with van der Waals surface area (Å²) in [5.41, 5.74) is 5.66. The van der Waals surface area contributed by atoms with Gasteiger partial charge in [-0.2, -0.15) is 8.42 Å². The number of nitrogens with zero attached hydrogens (tertiary/aromatic N) is 4. The summed E-state index contributed by atoms with van der Waals surface area (Å²) >= 11 is 1.30. The van der Waals surface area contributed by atoms with Crippen molar-refractivity contribution in [1.29, 1.82) is 0 Å². The summed E-state index contributed by atoms with van der Waals surface area (Å²) in [5, 5.41) is 1.62. The van der Waals surface area contributed by atoms with Crippen LogP contribution >= 0.6 is 11.3 Å². The Hall–Kier alpha value is -2.20. The third kappa shape index (κ3) is 2.00. The molecule has 3 aromatic rings. The number of rotatable bonds is 3. The van der Waals surface area contributed by atoms with Gasteiger partial charge in [-0.1, -0.05) is 0 Å². The number of hydrogen-bond donors (Lipinski definition) is 2. The molecule has 0 radical (unpaired) electrons. The summed E-state index contributed by atoms with van der Waals surface area (Å²) in [5.74, 6) is 0.0651. The van der Waals surface area contributed by atoms with Gasteiger partial charge in [0, 0.05) is 24.0 Å². The Morgan fingerprint density at radius 3 is 2.95 bits per heavy atom. The molecule has 0 fully saturated rings. The third-order valence-electron chi connectivity index (χ3n) is 2.30. The molecule has 8 nitrogen and oxygen atoms in total. The first-order valence-electron chi connectivity index (χ1n) is 5.08. The van der Waals surface area contributed by atoms with Gasteiger partial charge >= 0.3 is 0 Å². The molecular formula is C9H8N6O2S2. The van der Waals surface area contributed by atoms with Gasteiger partial charge in [0.2, 0.25) is 5.03 Å². The molecule has 0 aliphatic heterocycles. The molecular weight excluding hydrogens is 288 g/mol. The summed E-state index contributed by atoms with van der Waals surface area (Å²) in [6.07, 6.45) is 5.73. The van der Waals surface area contributed by atoms with Crippen LogP contribution in [0.15, 0.2) is 35.2 Å². The fourth-order valence-corrected chi connectivity index (χ4v) is 3.57. The van der Waals surface area contributed by atoms with Crippen LogP contribution in [-0.2, 0) is 10.0 Å². The maximum Gasteiger partial charge on any atom is 0.282 e. The second kappa shape index (κ2) is 4.17. The van der Waals surface area contributed by atoms with Gasteiger partial charge in [-0.3, -0.25) is 14.1 Å². The Morgan fingerprint density at radius 1 is 1.37 bits per heavy atom. The number of fused-ring (bicyclic) bond motifs is 1. The van der Waals surface area contributed by atoms with Crippen LogP contribution in [0.2, 0.25) is 0 Å². The van der Waals surface area contributed by atoms with E-state index < -0.39 is 10.0 Å². The van der Waals surface area contributed by atoms with Crippen LogP contribution in [0.4, 0.5) is 11.6 Å². The zero-order chi connectivity index (χ0) is 13.5. The molecule has 10 heteroatoms. The normalized spacial score (nSPS) is 11.8. The van der Waals surface area contributed by atoms with Crippen LogP contribution in [0.1, 0.15) is 0 Å². The minimum atomic E-state index is -3.87. The molecule has 19 heavy (non-hydrogen) atoms. The van der Waals surface area contributed by atoms with Crippen molar-refractivity contribution < 1.29 is 8.42 Å². The van der Waals surface area contributed by atoms with Crippen LogP contribution in [-0.4, -0.2) is 27.8 Å². The Labute approximate surface area is 112 Å². The summed E-state index contributed by atoms with van der Waals surface area (Å²) < 4.78 is 28.3. The first-order chi connectivity index (χ1) is 9.08. The predicted octanol–water partition coefficient (Wildman–Crippen LogP) is 0.569. The fourth-order valence-electron chi connectivity index (χ4n) is 1.59. The molecule has 0 saturated heterocycles. The maximum absolute atomic E-state index is 12.3. The van der Waals surface area contributed by atoms with Crippen LogP contribution in [0.5, 0.6) is 0 Å². The van der Waals surface area contributed by atoms with E-state index >= 15 is 0 Å². The van der Waals surface area contributed by atoms with Gasteiger partial charge in [0.15, 0.2) is 16.6 Å². The first kappa shape index (κ1) is 11.9. The minimum Gasteiger partial charge on any atom is -0.381 e. The highest BCUT2D eigenvalue weighted by Gasteiger charge is 2.25. The lowest BCUT2D eigenvalue weighted by atomic mass is 10.7. The lowest BCUT2D eigenvalue weighted by molar-refractivity contribution is 0.597. The van der Waals surface area contributed by atoms with Gasteiger partial charge in [0.1, 0.15) is 0 Å². The van der Waals surface area contributed by atoms with Gasteiger partial charge in [-0.15, -0.1) is 11.3 Å². The summed E-state index contributed by atoms with van der Waals surface area (Å²) in [6.45, 7) is 0. The predicted molar refractivity (Wildman–Crippen MR) is 70.3 cm³/mol. The van der Waals surface area contributed by atoms with Gasteiger partial charge in [-0.25, -0.2) is 9.97 Å². The molecule has 0 bridgehead atoms. The smallest absolute Gasteiger partial charge is 0.282 e. The number of nitrogens with one attached hydrogen (secondary N) is 1. The largest absolute Gasteiger partial charge is 0.381 e. The highest BCUT2D eigenvalue weighted by Crippen LogP contribution is 2.24. The molecule has 0 amide bonds. The highest BCUT2D eigenvalue weighted by molar-refractivity contribution is 7.92. The highest BCUT2D eigenvalue weighted by atomic mass is 32.2. The maximum atomic E-state index is 12.3. The molecule has 0 aliphatic rings. The van der Waals surface area contributed by atoms with E-state index in [0.717, 1.165) is 0 Å². The van der Waals surface area contributed by atoms with Crippen LogP contribution in [0.3, 0.4) is 0 Å². The molecule has 3 heterocycles. The monoisotopic (exact) mass is 296 g/mol. The van der Waals surface area contributed by atoms with E-state index in [2.05, 4.69) is 19.7 Å². The summed E-state index contributed by atoms with van der Waals surface area (Å²) in [6, 6.07) is 0. The topological polar surface area (TPSA) is 115 Å². The number of aromatic nitrogens is 4. The Kier molecular flexibility index (Phi) is 2.61. The zero-order valence-electron chi connectivity index (χ0n) is 9.39. The molecule has 0 aromatic carbocycles. The molecule has 0 aliphatic carbocycles. The van der Waals surface area contributed by atoms with E-state index in [0.29, 0.717) is 4.96 Å². The number of anilines is 2. The van der Waals surface area contributed by atoms with Gasteiger partial charge in [0.05, 0.1) is 6.20 Å². The van der Waals surface area contributed by atoms with Crippen LogP contribution in [0.25, 0.3) is 4.96 Å². The standard InChI is InChI=1S/C9H8N6O2S2/c10-7-8(15-3-4-18-9(15)13-7)19(16,17)14-6-5-11-1-2-12-6/h1-5H,10H2,(H,12,14). The average molecular weight is 296 g/mol. The number of nitrogens with two attached hydrogens (primary N) is 1. The van der Waals surface area contributed by atoms with E-state index in [-0.39, 0.29) is 16.7 Å². The molecule has 3 rings (SSSR count). The molecule has 3 N–H and O–H groups in total. The van der Waals surface area contributed by atoms with Crippen molar-refractivity contribution in [3.05, 3.63) is 30.2 Å². The van der Waals surface area contributed by atoms with Crippen molar-refractivity contribution in [2.75, 3.05) is 10.5 Å². The second-order valence-electron chi connectivity index (χ2n) is 3.55. The van der Waals surface area contributed by atoms with E-state index in [1.54, 1.807) is 11.6 Å². The SMILES string of the molecule is Nc1nc2sccn2c1S(=O)(=O)Nc1cnccn1. The van der Waals surface area contributed by atoms with Gasteiger partial charge in [0.25, 0.3) is 10.0 Å². The van der Waals surface area contributed by atoms with E-state index in [1.165, 1.54) is 34.3 Å². The number of sulfonamides is 1. The van der Waals surface area contributed by atoms with E-state index in [4.69, 9.17) is 5.73 Å². The number of thiazole rings is 1. The lowest BCUT2D eigenvalue weighted by Gasteiger charge is -2.06. The molecule has 0 atom stereocenters. The van der Waals surface area contributed by atoms with Crippen molar-refractivity contribution in [2.24, 2.45) is 0 Å². The number of imidazole rings is 1. The van der Waals surface area contributed by atoms with Crippen molar-refractivity contribution in [3.63, 3.8) is 0 Å². The van der Waals surface area contributed by atoms with Crippen LogP contribution < -0.4 is 10.5 Å². The second-order valence-corrected chi connectivity index (χ2v) is 6.02. The molecule has 0 saturated carbocycles. The Balaban J connectivity index is 2.10. The average Bonchev–Trinajstić information content (AvgIpc) is 2.88. The summed E-state index contributed by atoms with van der Waals surface area (Å²) in [7, 11) is -3.87. The quantitative estimate of drug-likeness (QED) is 0.730. The Morgan fingerprint density at radius 2 is 2.21 bits per heavy atom. The summed E-state index contributed by atoms with van der Waals surface area (Å²) in [4.78, 5) is 12.1. The minimum absolute atomic E-state index is 0.0526. The molecule has 3 aromatic heterocycles. The van der Waals surface area contributed by atoms with Gasteiger partial charge in [-0.05, 0) is 0 Å². The molecule has 0 spiro atoms. The first-order valence-corrected chi connectivity index (χ1v) is 7.44. The molecule has 0 unspecified atom stereocenters. The number of nitrogen functional groups attached to an aromatic ring is 1. The fraction of sp³-hybridized carbons (Fsp3) is 0. The van der Waals surface area contributed by atoms with Crippen LogP contribution in [0, 0.1) is 0 Å². The van der Waals surface area contributed by atoms with Crippen molar-refractivity contribution in [3.8, 4) is 0 Å². The van der Waals surface area contributed by atoms with Crippen molar-refractivity contribution in [1.82, 2.24) is 19.4 Å². The zero-order valence-corrected chi connectivity index (χ0v) is 11.0. The van der Waals surface area contributed by atoms with Crippen molar-refractivity contribution >= 4 is 38.0 Å². The van der Waals surface area contributed by atoms with Crippen molar-refractivity contribution in [2.45, 2.75) is 5.03 Å². The van der Waals surface area contributed by atoms with E-state index in [9.17, 15) is 8.42 Å². The Bertz CT molecular complexity index is 823. The lowest BCUT2D eigenvalue weighted by Crippen LogP contribution is -2.17. The number of hydrogen-bond acceptors (Lipinski definition) is 7. The molecule has 98 valence electrons.